The van der Waals surface area contributed by atoms with Crippen molar-refractivity contribution >= 4 is 0 Å². The van der Waals surface area contributed by atoms with Gasteiger partial charge in [-0.15, -0.1) is 0 Å². The van der Waals surface area contributed by atoms with E-state index < -0.39 is 6.17 Å². The lowest BCUT2D eigenvalue weighted by Gasteiger charge is -2.59. The van der Waals surface area contributed by atoms with E-state index in [2.05, 4.69) is 34.6 Å². The maximum absolute atomic E-state index is 14.0. The van der Waals surface area contributed by atoms with E-state index in [9.17, 15) is 4.39 Å². The highest BCUT2D eigenvalue weighted by Crippen LogP contribution is 2.67. The molecule has 28 heavy (non-hydrogen) atoms. The second-order valence-electron chi connectivity index (χ2n) is 12.1. The predicted octanol–water partition coefficient (Wildman–Crippen LogP) is 8.37. The number of halogens is 1. The van der Waals surface area contributed by atoms with Crippen LogP contribution in [-0.2, 0) is 0 Å². The zero-order valence-corrected chi connectivity index (χ0v) is 19.3. The number of hydrogen-bond acceptors (Lipinski definition) is 0. The number of fused-ring (bicyclic) bond motifs is 5. The van der Waals surface area contributed by atoms with Gasteiger partial charge < -0.3 is 0 Å². The Hall–Kier alpha value is -0.330. The molecule has 4 aliphatic carbocycles. The summed E-state index contributed by atoms with van der Waals surface area (Å²) in [5.41, 5.74) is 2.38. The van der Waals surface area contributed by atoms with Crippen molar-refractivity contribution in [1.82, 2.24) is 0 Å². The summed E-state index contributed by atoms with van der Waals surface area (Å²) in [6, 6.07) is 0. The van der Waals surface area contributed by atoms with Crippen molar-refractivity contribution in [2.75, 3.05) is 0 Å². The lowest BCUT2D eigenvalue weighted by molar-refractivity contribution is -0.0610. The molecule has 0 heterocycles. The van der Waals surface area contributed by atoms with E-state index in [1.807, 2.05) is 6.08 Å². The van der Waals surface area contributed by atoms with Crippen molar-refractivity contribution in [1.29, 1.82) is 0 Å². The van der Waals surface area contributed by atoms with Crippen LogP contribution in [0.1, 0.15) is 105 Å². The summed E-state index contributed by atoms with van der Waals surface area (Å²) in [6.45, 7) is 12.5. The lowest BCUT2D eigenvalue weighted by atomic mass is 9.46. The van der Waals surface area contributed by atoms with Gasteiger partial charge in [-0.25, -0.2) is 4.39 Å². The first-order valence-electron chi connectivity index (χ1n) is 12.6. The van der Waals surface area contributed by atoms with E-state index in [4.69, 9.17) is 0 Å². The average Bonchev–Trinajstić information content (AvgIpc) is 2.99. The summed E-state index contributed by atoms with van der Waals surface area (Å²) in [7, 11) is 0. The van der Waals surface area contributed by atoms with Gasteiger partial charge in [-0.05, 0) is 97.7 Å². The van der Waals surface area contributed by atoms with Gasteiger partial charge in [-0.1, -0.05) is 65.5 Å². The molecule has 0 bridgehead atoms. The van der Waals surface area contributed by atoms with Gasteiger partial charge in [0.25, 0.3) is 0 Å². The lowest BCUT2D eigenvalue weighted by Crippen LogP contribution is -2.51. The Labute approximate surface area is 174 Å². The molecule has 0 radical (unpaired) electrons. The van der Waals surface area contributed by atoms with Crippen LogP contribution < -0.4 is 0 Å². The fraction of sp³-hybridized carbons (Fsp3) is 0.926. The van der Waals surface area contributed by atoms with Crippen LogP contribution in [0, 0.1) is 46.3 Å². The number of allylic oxidation sites excluding steroid dienone is 2. The molecule has 8 atom stereocenters. The third-order valence-electron chi connectivity index (χ3n) is 10.3. The topological polar surface area (TPSA) is 0 Å². The molecular weight excluding hydrogens is 343 g/mol. The molecule has 160 valence electrons. The molecule has 0 spiro atoms. The highest BCUT2D eigenvalue weighted by molar-refractivity contribution is 5.25. The Bertz CT molecular complexity index is 591. The summed E-state index contributed by atoms with van der Waals surface area (Å²) in [4.78, 5) is 0. The molecule has 0 saturated heterocycles. The van der Waals surface area contributed by atoms with Crippen LogP contribution in [0.5, 0.6) is 0 Å². The minimum atomic E-state index is -0.670. The monoisotopic (exact) mass is 388 g/mol. The van der Waals surface area contributed by atoms with Gasteiger partial charge in [0.05, 0.1) is 0 Å². The minimum Gasteiger partial charge on any atom is -0.243 e. The van der Waals surface area contributed by atoms with Gasteiger partial charge >= 0.3 is 0 Å². The first-order valence-corrected chi connectivity index (χ1v) is 12.6. The van der Waals surface area contributed by atoms with Gasteiger partial charge in [-0.2, -0.15) is 0 Å². The van der Waals surface area contributed by atoms with Crippen molar-refractivity contribution in [2.24, 2.45) is 46.3 Å². The Balaban J connectivity index is 1.48. The van der Waals surface area contributed by atoms with Crippen LogP contribution in [0.4, 0.5) is 4.39 Å². The molecule has 4 rings (SSSR count). The molecular formula is C27H45F. The van der Waals surface area contributed by atoms with E-state index in [0.29, 0.717) is 10.8 Å². The fourth-order valence-electron chi connectivity index (χ4n) is 8.71. The molecule has 4 aliphatic rings. The first kappa shape index (κ1) is 20.9. The maximum atomic E-state index is 14.0. The highest BCUT2D eigenvalue weighted by Gasteiger charge is 2.59. The molecule has 0 amide bonds. The Morgan fingerprint density at radius 1 is 0.964 bits per heavy atom. The number of hydrogen-bond donors (Lipinski definition) is 0. The standard InChI is InChI=1S/C27H45F/c1-18(2)7-6-8-19(3)23-11-12-24-22-10-9-20-17-21(28)13-15-26(20,4)25(22)14-16-27(23,24)5/h17-19,21-25H,6-16H2,1-5H3/t19-,21?,22+,23-,24+,25+,26+,27-/m1/s1. The maximum Gasteiger partial charge on any atom is 0.119 e. The van der Waals surface area contributed by atoms with E-state index >= 15 is 0 Å². The highest BCUT2D eigenvalue weighted by atomic mass is 19.1. The van der Waals surface area contributed by atoms with Crippen molar-refractivity contribution in [3.05, 3.63) is 11.6 Å². The molecule has 0 aromatic heterocycles. The third-order valence-corrected chi connectivity index (χ3v) is 10.3. The van der Waals surface area contributed by atoms with E-state index in [1.54, 1.807) is 0 Å². The average molecular weight is 389 g/mol. The van der Waals surface area contributed by atoms with Crippen molar-refractivity contribution in [2.45, 2.75) is 111 Å². The predicted molar refractivity (Wildman–Crippen MR) is 118 cm³/mol. The smallest absolute Gasteiger partial charge is 0.119 e. The molecule has 0 aliphatic heterocycles. The summed E-state index contributed by atoms with van der Waals surface area (Å²) < 4.78 is 14.0. The molecule has 1 unspecified atom stereocenters. The fourth-order valence-corrected chi connectivity index (χ4v) is 8.71. The number of rotatable bonds is 5. The van der Waals surface area contributed by atoms with Crippen LogP contribution in [0.25, 0.3) is 0 Å². The Morgan fingerprint density at radius 3 is 2.50 bits per heavy atom. The van der Waals surface area contributed by atoms with Crippen LogP contribution >= 0.6 is 0 Å². The van der Waals surface area contributed by atoms with Crippen LogP contribution in [0.2, 0.25) is 0 Å². The summed E-state index contributed by atoms with van der Waals surface area (Å²) >= 11 is 0. The summed E-state index contributed by atoms with van der Waals surface area (Å²) in [5, 5.41) is 0. The second kappa shape index (κ2) is 7.73. The van der Waals surface area contributed by atoms with Crippen molar-refractivity contribution in [3.8, 4) is 0 Å². The van der Waals surface area contributed by atoms with Crippen LogP contribution in [0.3, 0.4) is 0 Å². The minimum absolute atomic E-state index is 0.313. The molecule has 3 fully saturated rings. The summed E-state index contributed by atoms with van der Waals surface area (Å²) in [5.74, 6) is 5.35. The molecule has 0 nitrogen and oxygen atoms in total. The van der Waals surface area contributed by atoms with Gasteiger partial charge in [0.2, 0.25) is 0 Å². The molecule has 3 saturated carbocycles. The quantitative estimate of drug-likeness (QED) is 0.415. The van der Waals surface area contributed by atoms with Crippen LogP contribution in [0.15, 0.2) is 11.6 Å². The largest absolute Gasteiger partial charge is 0.243 e. The van der Waals surface area contributed by atoms with Gasteiger partial charge in [-0.3, -0.25) is 0 Å². The van der Waals surface area contributed by atoms with Crippen LogP contribution in [-0.4, -0.2) is 6.17 Å². The molecule has 0 aromatic rings. The zero-order valence-electron chi connectivity index (χ0n) is 19.3. The van der Waals surface area contributed by atoms with E-state index in [1.165, 1.54) is 63.4 Å². The zero-order chi connectivity index (χ0) is 20.1. The Morgan fingerprint density at radius 2 is 1.75 bits per heavy atom. The SMILES string of the molecule is CC(C)CCC[C@@H](C)[C@H]1CC[C@H]2[C@@H]3CCC4=CC(F)CC[C@]4(C)[C@H]3CC[C@]12C. The third kappa shape index (κ3) is 3.41. The molecule has 0 aromatic carbocycles. The first-order chi connectivity index (χ1) is 13.3. The summed E-state index contributed by atoms with van der Waals surface area (Å²) in [6.07, 6.45) is 15.8. The molecule has 0 N–H and O–H groups in total. The van der Waals surface area contributed by atoms with Crippen molar-refractivity contribution < 1.29 is 4.39 Å². The molecule has 1 heteroatoms. The Kier molecular flexibility index (Phi) is 5.78. The van der Waals surface area contributed by atoms with E-state index in [0.717, 1.165) is 48.3 Å². The number of alkyl halides is 1. The van der Waals surface area contributed by atoms with Gasteiger partial charge in [0.1, 0.15) is 6.17 Å². The van der Waals surface area contributed by atoms with Gasteiger partial charge in [0, 0.05) is 0 Å². The van der Waals surface area contributed by atoms with E-state index in [-0.39, 0.29) is 0 Å². The second-order valence-corrected chi connectivity index (χ2v) is 12.1. The van der Waals surface area contributed by atoms with Gasteiger partial charge in [0.15, 0.2) is 0 Å². The normalized spacial score (nSPS) is 46.5. The van der Waals surface area contributed by atoms with Crippen molar-refractivity contribution in [3.63, 3.8) is 0 Å².